The monoisotopic (exact) mass is 455 g/mol. The maximum absolute atomic E-state index is 12.6. The number of carbonyl (C=O) groups is 2. The Morgan fingerprint density at radius 3 is 2.41 bits per heavy atom. The summed E-state index contributed by atoms with van der Waals surface area (Å²) in [7, 11) is 1.31. The number of carbonyl (C=O) groups excluding carboxylic acids is 2. The third-order valence-corrected chi connectivity index (χ3v) is 5.49. The van der Waals surface area contributed by atoms with E-state index in [4.69, 9.17) is 16.1 Å². The molecule has 8 nitrogen and oxygen atoms in total. The van der Waals surface area contributed by atoms with Crippen LogP contribution in [-0.4, -0.2) is 40.9 Å². The summed E-state index contributed by atoms with van der Waals surface area (Å²) in [6.07, 6.45) is 0.108. The molecule has 0 atom stereocenters. The highest BCUT2D eigenvalue weighted by Gasteiger charge is 2.16. The minimum Gasteiger partial charge on any atom is -0.469 e. The Bertz CT molecular complexity index is 1340. The van der Waals surface area contributed by atoms with E-state index in [1.54, 1.807) is 24.3 Å². The second-order valence-electron chi connectivity index (χ2n) is 7.78. The summed E-state index contributed by atoms with van der Waals surface area (Å²) in [6.45, 7) is 0.797. The topological polar surface area (TPSA) is 123 Å². The van der Waals surface area contributed by atoms with Gasteiger partial charge in [-0.3, -0.25) is 15.0 Å². The summed E-state index contributed by atoms with van der Waals surface area (Å²) in [4.78, 5) is 28.7. The normalized spacial score (nSPS) is 10.7. The highest BCUT2D eigenvalue weighted by atomic mass is 16.5. The fourth-order valence-corrected chi connectivity index (χ4v) is 3.70. The summed E-state index contributed by atoms with van der Waals surface area (Å²) in [5.41, 5.74) is 10.3. The van der Waals surface area contributed by atoms with Crippen molar-refractivity contribution in [2.24, 2.45) is 5.73 Å². The lowest BCUT2D eigenvalue weighted by atomic mass is 10.1. The van der Waals surface area contributed by atoms with Gasteiger partial charge in [0.1, 0.15) is 11.7 Å². The number of rotatable bonds is 8. The van der Waals surface area contributed by atoms with Gasteiger partial charge in [0, 0.05) is 29.8 Å². The summed E-state index contributed by atoms with van der Waals surface area (Å²) in [5.74, 6) is 0.0935. The van der Waals surface area contributed by atoms with E-state index in [2.05, 4.69) is 26.8 Å². The molecule has 1 aromatic heterocycles. The highest BCUT2D eigenvalue weighted by Crippen LogP contribution is 2.27. The van der Waals surface area contributed by atoms with E-state index in [-0.39, 0.29) is 30.7 Å². The number of fused-ring (bicyclic) bond motifs is 1. The number of hydrogen-bond donors (Lipinski definition) is 3. The van der Waals surface area contributed by atoms with Crippen molar-refractivity contribution in [1.82, 2.24) is 14.9 Å². The van der Waals surface area contributed by atoms with Gasteiger partial charge < -0.3 is 20.4 Å². The van der Waals surface area contributed by atoms with Gasteiger partial charge in [-0.25, -0.2) is 4.98 Å². The van der Waals surface area contributed by atoms with E-state index in [9.17, 15) is 9.59 Å². The number of nitrogens with zero attached hydrogens (tertiary/aromatic N) is 2. The zero-order chi connectivity index (χ0) is 24.1. The molecule has 4 rings (SSSR count). The maximum atomic E-state index is 12.6. The van der Waals surface area contributed by atoms with Crippen molar-refractivity contribution < 1.29 is 14.3 Å². The third kappa shape index (κ3) is 4.96. The molecule has 8 heteroatoms. The van der Waals surface area contributed by atoms with Crippen LogP contribution >= 0.6 is 0 Å². The minimum absolute atomic E-state index is 0.00666. The van der Waals surface area contributed by atoms with Crippen LogP contribution in [-0.2, 0) is 16.1 Å². The standard InChI is InChI=1S/C26H25N5O3/c1-34-23(32)13-14-29-26(33)20-11-12-22-21(15-20)30-25(19-9-7-18(8-10-19)24(27)28)31(22)16-17-5-3-2-4-6-17/h2-12,15H,13-14,16H2,1H3,(H3,27,28)(H,29,33). The molecule has 0 aliphatic rings. The van der Waals surface area contributed by atoms with Gasteiger partial charge in [0.15, 0.2) is 0 Å². The summed E-state index contributed by atoms with van der Waals surface area (Å²) >= 11 is 0. The maximum Gasteiger partial charge on any atom is 0.307 e. The number of nitrogens with two attached hydrogens (primary N) is 1. The SMILES string of the molecule is COC(=O)CCNC(=O)c1ccc2c(c1)nc(-c1ccc(C(=N)N)cc1)n2Cc1ccccc1. The summed E-state index contributed by atoms with van der Waals surface area (Å²) in [6, 6.07) is 22.8. The van der Waals surface area contributed by atoms with Gasteiger partial charge in [-0.15, -0.1) is 0 Å². The van der Waals surface area contributed by atoms with Crippen LogP contribution in [0.3, 0.4) is 0 Å². The average molecular weight is 456 g/mol. The van der Waals surface area contributed by atoms with Crippen molar-refractivity contribution in [2.75, 3.05) is 13.7 Å². The first-order chi connectivity index (χ1) is 16.5. The molecule has 0 radical (unpaired) electrons. The Kier molecular flexibility index (Phi) is 6.68. The van der Waals surface area contributed by atoms with E-state index in [0.29, 0.717) is 23.2 Å². The van der Waals surface area contributed by atoms with Crippen molar-refractivity contribution in [1.29, 1.82) is 5.41 Å². The lowest BCUT2D eigenvalue weighted by Gasteiger charge is -2.10. The predicted molar refractivity (Wildman–Crippen MR) is 131 cm³/mol. The highest BCUT2D eigenvalue weighted by molar-refractivity contribution is 5.98. The van der Waals surface area contributed by atoms with Gasteiger partial charge in [0.2, 0.25) is 0 Å². The molecule has 172 valence electrons. The molecule has 0 aliphatic carbocycles. The molecule has 0 bridgehead atoms. The Hall–Kier alpha value is -4.46. The number of benzene rings is 3. The van der Waals surface area contributed by atoms with E-state index in [1.807, 2.05) is 36.4 Å². The zero-order valence-corrected chi connectivity index (χ0v) is 18.7. The predicted octanol–water partition coefficient (Wildman–Crippen LogP) is 3.33. The third-order valence-electron chi connectivity index (χ3n) is 5.49. The number of amides is 1. The number of nitrogens with one attached hydrogen (secondary N) is 2. The van der Waals surface area contributed by atoms with E-state index >= 15 is 0 Å². The molecule has 3 aromatic carbocycles. The minimum atomic E-state index is -0.379. The molecule has 34 heavy (non-hydrogen) atoms. The number of esters is 1. The van der Waals surface area contributed by atoms with Crippen LogP contribution < -0.4 is 11.1 Å². The molecule has 0 saturated carbocycles. The van der Waals surface area contributed by atoms with Crippen LogP contribution in [0.15, 0.2) is 72.8 Å². The molecular weight excluding hydrogens is 430 g/mol. The Morgan fingerprint density at radius 2 is 1.74 bits per heavy atom. The molecule has 4 N–H and O–H groups in total. The van der Waals surface area contributed by atoms with Crippen LogP contribution in [0.25, 0.3) is 22.4 Å². The van der Waals surface area contributed by atoms with Crippen molar-refractivity contribution in [3.8, 4) is 11.4 Å². The Balaban J connectivity index is 1.70. The summed E-state index contributed by atoms with van der Waals surface area (Å²) < 4.78 is 6.70. The molecule has 0 spiro atoms. The van der Waals surface area contributed by atoms with E-state index in [1.165, 1.54) is 7.11 Å². The summed E-state index contributed by atoms with van der Waals surface area (Å²) in [5, 5.41) is 10.4. The quantitative estimate of drug-likeness (QED) is 0.214. The van der Waals surface area contributed by atoms with Crippen molar-refractivity contribution in [3.05, 3.63) is 89.5 Å². The van der Waals surface area contributed by atoms with Crippen molar-refractivity contribution in [2.45, 2.75) is 13.0 Å². The second kappa shape index (κ2) is 9.99. The van der Waals surface area contributed by atoms with Crippen molar-refractivity contribution in [3.63, 3.8) is 0 Å². The second-order valence-corrected chi connectivity index (χ2v) is 7.78. The van der Waals surface area contributed by atoms with Gasteiger partial charge >= 0.3 is 5.97 Å². The van der Waals surface area contributed by atoms with Gasteiger partial charge in [0.05, 0.1) is 24.6 Å². The molecule has 0 unspecified atom stereocenters. The van der Waals surface area contributed by atoms with Crippen molar-refractivity contribution >= 4 is 28.7 Å². The number of ether oxygens (including phenoxy) is 1. The molecular formula is C26H25N5O3. The van der Waals surface area contributed by atoms with Crippen LogP contribution in [0.5, 0.6) is 0 Å². The number of nitrogen functional groups attached to an aromatic ring is 1. The Morgan fingerprint density at radius 1 is 1.03 bits per heavy atom. The average Bonchev–Trinajstić information content (AvgIpc) is 3.22. The first-order valence-corrected chi connectivity index (χ1v) is 10.8. The van der Waals surface area contributed by atoms with E-state index in [0.717, 1.165) is 22.5 Å². The fraction of sp³-hybridized carbons (Fsp3) is 0.154. The Labute approximate surface area is 196 Å². The molecule has 0 aliphatic heterocycles. The van der Waals surface area contributed by atoms with Gasteiger partial charge in [-0.2, -0.15) is 0 Å². The lowest BCUT2D eigenvalue weighted by Crippen LogP contribution is -2.26. The van der Waals surface area contributed by atoms with Gasteiger partial charge in [-0.1, -0.05) is 54.6 Å². The lowest BCUT2D eigenvalue weighted by molar-refractivity contribution is -0.140. The van der Waals surface area contributed by atoms with Gasteiger partial charge in [-0.05, 0) is 23.8 Å². The number of methoxy groups -OCH3 is 1. The molecule has 1 amide bonds. The smallest absolute Gasteiger partial charge is 0.307 e. The van der Waals surface area contributed by atoms with Crippen LogP contribution in [0.2, 0.25) is 0 Å². The fourth-order valence-electron chi connectivity index (χ4n) is 3.70. The van der Waals surface area contributed by atoms with Crippen LogP contribution in [0, 0.1) is 5.41 Å². The van der Waals surface area contributed by atoms with Crippen LogP contribution in [0.4, 0.5) is 0 Å². The number of amidine groups is 1. The first-order valence-electron chi connectivity index (χ1n) is 10.8. The van der Waals surface area contributed by atoms with E-state index < -0.39 is 0 Å². The number of imidazole rings is 1. The molecule has 4 aromatic rings. The molecule has 0 fully saturated rings. The number of aromatic nitrogens is 2. The zero-order valence-electron chi connectivity index (χ0n) is 18.7. The van der Waals surface area contributed by atoms with Gasteiger partial charge in [0.25, 0.3) is 5.91 Å². The number of hydrogen-bond acceptors (Lipinski definition) is 5. The van der Waals surface area contributed by atoms with Crippen LogP contribution in [0.1, 0.15) is 27.9 Å². The molecule has 0 saturated heterocycles. The molecule has 1 heterocycles. The first kappa shape index (κ1) is 22.7. The largest absolute Gasteiger partial charge is 0.469 e.